The molecule has 0 saturated carbocycles. The van der Waals surface area contributed by atoms with Crippen LogP contribution in [-0.2, 0) is 4.79 Å². The van der Waals surface area contributed by atoms with E-state index in [1.165, 1.54) is 4.90 Å². The molecule has 1 aromatic carbocycles. The van der Waals surface area contributed by atoms with Crippen LogP contribution in [0.2, 0.25) is 0 Å². The van der Waals surface area contributed by atoms with Crippen LogP contribution in [0.15, 0.2) is 36.9 Å². The fraction of sp³-hybridized carbons (Fsp3) is 0.350. The van der Waals surface area contributed by atoms with Gasteiger partial charge in [-0.1, -0.05) is 12.1 Å². The number of nitrogens with zero attached hydrogens (tertiary/aromatic N) is 4. The zero-order chi connectivity index (χ0) is 20.9. The van der Waals surface area contributed by atoms with Gasteiger partial charge in [0.05, 0.1) is 23.4 Å². The molecule has 3 heterocycles. The highest BCUT2D eigenvalue weighted by Crippen LogP contribution is 2.40. The number of aliphatic carboxylic acids is 1. The summed E-state index contributed by atoms with van der Waals surface area (Å²) in [5, 5.41) is 10.4. The Morgan fingerprint density at radius 3 is 2.66 bits per heavy atom. The molecule has 2 atom stereocenters. The van der Waals surface area contributed by atoms with Crippen molar-refractivity contribution < 1.29 is 23.1 Å². The maximum Gasteiger partial charge on any atom is 0.393 e. The number of rotatable bonds is 3. The van der Waals surface area contributed by atoms with Crippen LogP contribution in [0.1, 0.15) is 17.5 Å². The van der Waals surface area contributed by atoms with Crippen molar-refractivity contribution in [3.05, 3.63) is 48.0 Å². The summed E-state index contributed by atoms with van der Waals surface area (Å²) in [4.78, 5) is 21.6. The minimum Gasteiger partial charge on any atom is -0.480 e. The standard InChI is InChI=1S/C20H19F3N4O2/c1-11-3-4-14-15(26-6-5-24-10-26)8-17(25-18(14)12(11)2)27-9-13(20(21,22)23)7-16(27)19(28)29/h3-6,8,10,13,16H,7,9H2,1-2H3,(H,28,29)/t13-,16-/m0/s1. The van der Waals surface area contributed by atoms with E-state index in [9.17, 15) is 23.1 Å². The lowest BCUT2D eigenvalue weighted by molar-refractivity contribution is -0.169. The highest BCUT2D eigenvalue weighted by molar-refractivity contribution is 5.92. The van der Waals surface area contributed by atoms with Crippen molar-refractivity contribution >= 4 is 22.7 Å². The Labute approximate surface area is 164 Å². The summed E-state index contributed by atoms with van der Waals surface area (Å²) in [6, 6.07) is 4.20. The van der Waals surface area contributed by atoms with Gasteiger partial charge < -0.3 is 14.6 Å². The first-order chi connectivity index (χ1) is 13.7. The van der Waals surface area contributed by atoms with E-state index in [2.05, 4.69) is 9.97 Å². The summed E-state index contributed by atoms with van der Waals surface area (Å²) < 4.78 is 41.7. The van der Waals surface area contributed by atoms with Gasteiger partial charge >= 0.3 is 12.1 Å². The van der Waals surface area contributed by atoms with Gasteiger partial charge in [0.15, 0.2) is 0 Å². The van der Waals surface area contributed by atoms with Crippen LogP contribution in [0.5, 0.6) is 0 Å². The van der Waals surface area contributed by atoms with Crippen molar-refractivity contribution in [3.8, 4) is 5.69 Å². The second-order valence-corrected chi connectivity index (χ2v) is 7.35. The van der Waals surface area contributed by atoms with Gasteiger partial charge in [0, 0.05) is 30.4 Å². The first kappa shape index (κ1) is 19.2. The van der Waals surface area contributed by atoms with Crippen molar-refractivity contribution in [2.24, 2.45) is 5.92 Å². The van der Waals surface area contributed by atoms with Gasteiger partial charge in [0.2, 0.25) is 0 Å². The Kier molecular flexibility index (Phi) is 4.48. The molecule has 6 nitrogen and oxygen atoms in total. The van der Waals surface area contributed by atoms with Gasteiger partial charge in [-0.15, -0.1) is 0 Å². The van der Waals surface area contributed by atoms with E-state index in [0.29, 0.717) is 11.2 Å². The molecule has 1 aliphatic rings. The first-order valence-corrected chi connectivity index (χ1v) is 9.12. The minimum absolute atomic E-state index is 0.217. The molecule has 152 valence electrons. The van der Waals surface area contributed by atoms with Crippen LogP contribution in [-0.4, -0.2) is 44.4 Å². The van der Waals surface area contributed by atoms with E-state index < -0.39 is 37.1 Å². The number of benzene rings is 1. The molecule has 0 amide bonds. The van der Waals surface area contributed by atoms with E-state index in [0.717, 1.165) is 16.5 Å². The van der Waals surface area contributed by atoms with E-state index >= 15 is 0 Å². The van der Waals surface area contributed by atoms with Crippen LogP contribution < -0.4 is 4.90 Å². The zero-order valence-electron chi connectivity index (χ0n) is 15.8. The molecular formula is C20H19F3N4O2. The molecule has 0 aliphatic carbocycles. The summed E-state index contributed by atoms with van der Waals surface area (Å²) in [6.45, 7) is 3.38. The molecule has 2 aromatic heterocycles. The Morgan fingerprint density at radius 2 is 2.03 bits per heavy atom. The van der Waals surface area contributed by atoms with Crippen LogP contribution in [0, 0.1) is 19.8 Å². The molecule has 1 fully saturated rings. The molecule has 1 saturated heterocycles. The number of fused-ring (bicyclic) bond motifs is 1. The maximum absolute atomic E-state index is 13.3. The molecule has 1 N–H and O–H groups in total. The number of imidazole rings is 1. The molecular weight excluding hydrogens is 385 g/mol. The number of carbonyl (C=O) groups is 1. The van der Waals surface area contributed by atoms with Crippen molar-refractivity contribution in [2.75, 3.05) is 11.4 Å². The highest BCUT2D eigenvalue weighted by atomic mass is 19.4. The number of carboxylic acid groups (broad SMARTS) is 1. The molecule has 0 bridgehead atoms. The molecule has 4 rings (SSSR count). The summed E-state index contributed by atoms with van der Waals surface area (Å²) >= 11 is 0. The Bertz CT molecular complexity index is 1080. The van der Waals surface area contributed by atoms with E-state index in [1.54, 1.807) is 29.4 Å². The van der Waals surface area contributed by atoms with Gasteiger partial charge in [0.25, 0.3) is 0 Å². The maximum atomic E-state index is 13.3. The van der Waals surface area contributed by atoms with Crippen molar-refractivity contribution in [2.45, 2.75) is 32.5 Å². The third kappa shape index (κ3) is 3.30. The number of anilines is 1. The lowest BCUT2D eigenvalue weighted by Crippen LogP contribution is -2.36. The highest BCUT2D eigenvalue weighted by Gasteiger charge is 2.50. The fourth-order valence-electron chi connectivity index (χ4n) is 3.82. The van der Waals surface area contributed by atoms with Crippen LogP contribution in [0.4, 0.5) is 19.0 Å². The number of carboxylic acids is 1. The normalized spacial score (nSPS) is 19.8. The smallest absolute Gasteiger partial charge is 0.393 e. The third-order valence-corrected chi connectivity index (χ3v) is 5.60. The third-order valence-electron chi connectivity index (χ3n) is 5.60. The number of hydrogen-bond acceptors (Lipinski definition) is 4. The van der Waals surface area contributed by atoms with Gasteiger partial charge in [-0.25, -0.2) is 14.8 Å². The topological polar surface area (TPSA) is 71.2 Å². The van der Waals surface area contributed by atoms with Crippen molar-refractivity contribution in [1.29, 1.82) is 0 Å². The predicted octanol–water partition coefficient (Wildman–Crippen LogP) is 3.88. The lowest BCUT2D eigenvalue weighted by atomic mass is 10.0. The SMILES string of the molecule is Cc1ccc2c(-n3ccnc3)cc(N3C[C@@H](C(F)(F)F)C[C@H]3C(=O)O)nc2c1C. The second kappa shape index (κ2) is 6.75. The summed E-state index contributed by atoms with van der Waals surface area (Å²) in [6.07, 6.45) is -0.0385. The number of halogens is 3. The van der Waals surface area contributed by atoms with Crippen LogP contribution >= 0.6 is 0 Å². The average molecular weight is 404 g/mol. The van der Waals surface area contributed by atoms with Gasteiger partial charge in [0.1, 0.15) is 11.9 Å². The predicted molar refractivity (Wildman–Crippen MR) is 101 cm³/mol. The molecule has 0 unspecified atom stereocenters. The molecule has 9 heteroatoms. The Balaban J connectivity index is 1.91. The number of aryl methyl sites for hydroxylation is 2. The minimum atomic E-state index is -4.46. The number of alkyl halides is 3. The van der Waals surface area contributed by atoms with Crippen molar-refractivity contribution in [1.82, 2.24) is 14.5 Å². The number of aromatic nitrogens is 3. The molecule has 3 aromatic rings. The second-order valence-electron chi connectivity index (χ2n) is 7.35. The molecule has 29 heavy (non-hydrogen) atoms. The Morgan fingerprint density at radius 1 is 1.28 bits per heavy atom. The van der Waals surface area contributed by atoms with Crippen LogP contribution in [0.3, 0.4) is 0 Å². The van der Waals surface area contributed by atoms with E-state index in [4.69, 9.17) is 0 Å². The monoisotopic (exact) mass is 404 g/mol. The lowest BCUT2D eigenvalue weighted by Gasteiger charge is -2.24. The van der Waals surface area contributed by atoms with Gasteiger partial charge in [-0.3, -0.25) is 0 Å². The largest absolute Gasteiger partial charge is 0.480 e. The molecule has 0 radical (unpaired) electrons. The first-order valence-electron chi connectivity index (χ1n) is 9.12. The average Bonchev–Trinajstić information content (AvgIpc) is 3.33. The number of hydrogen-bond donors (Lipinski definition) is 1. The summed E-state index contributed by atoms with van der Waals surface area (Å²) in [5.74, 6) is -2.78. The molecule has 1 aliphatic heterocycles. The van der Waals surface area contributed by atoms with Crippen molar-refractivity contribution in [3.63, 3.8) is 0 Å². The Hall–Kier alpha value is -3.10. The fourth-order valence-corrected chi connectivity index (χ4v) is 3.82. The zero-order valence-corrected chi connectivity index (χ0v) is 15.8. The molecule has 0 spiro atoms. The van der Waals surface area contributed by atoms with E-state index in [1.807, 2.05) is 26.0 Å². The van der Waals surface area contributed by atoms with Gasteiger partial charge in [-0.05, 0) is 31.4 Å². The summed E-state index contributed by atoms with van der Waals surface area (Å²) in [7, 11) is 0. The quantitative estimate of drug-likeness (QED) is 0.717. The summed E-state index contributed by atoms with van der Waals surface area (Å²) in [5.41, 5.74) is 3.20. The van der Waals surface area contributed by atoms with E-state index in [-0.39, 0.29) is 5.82 Å². The number of pyridine rings is 1. The van der Waals surface area contributed by atoms with Crippen LogP contribution in [0.25, 0.3) is 16.6 Å². The van der Waals surface area contributed by atoms with Gasteiger partial charge in [-0.2, -0.15) is 13.2 Å².